The number of carbonyl (C=O) groups excluding carboxylic acids is 2. The predicted molar refractivity (Wildman–Crippen MR) is 91.5 cm³/mol. The van der Waals surface area contributed by atoms with E-state index in [-0.39, 0.29) is 53.4 Å². The Bertz CT molecular complexity index is 733. The Balaban J connectivity index is 1.94. The summed E-state index contributed by atoms with van der Waals surface area (Å²) in [6, 6.07) is 0.949. The van der Waals surface area contributed by atoms with Crippen LogP contribution in [0.15, 0.2) is 6.07 Å². The lowest BCUT2D eigenvalue weighted by molar-refractivity contribution is -0.119. The summed E-state index contributed by atoms with van der Waals surface area (Å²) >= 11 is 6.07. The van der Waals surface area contributed by atoms with Crippen LogP contribution in [-0.2, 0) is 20.7 Å². The minimum Gasteiger partial charge on any atom is -0.507 e. The van der Waals surface area contributed by atoms with Gasteiger partial charge in [-0.3, -0.25) is 4.79 Å². The summed E-state index contributed by atoms with van der Waals surface area (Å²) < 4.78 is 10.8. The van der Waals surface area contributed by atoms with Crippen molar-refractivity contribution in [1.29, 1.82) is 0 Å². The zero-order valence-corrected chi connectivity index (χ0v) is 15.0. The van der Waals surface area contributed by atoms with E-state index in [4.69, 9.17) is 21.1 Å². The number of benzene rings is 1. The SMILES string of the molecule is C[C@@H]1C[C@H]2O[C@@H]2C[C@H](O)CCC(=O)Cc2c(Cl)c(O)cc(O)c2C(=O)O1. The van der Waals surface area contributed by atoms with Gasteiger partial charge in [0.25, 0.3) is 0 Å². The molecule has 0 radical (unpaired) electrons. The number of epoxide rings is 1. The maximum absolute atomic E-state index is 12.5. The lowest BCUT2D eigenvalue weighted by atomic mass is 9.96. The third-order valence-corrected chi connectivity index (χ3v) is 5.14. The van der Waals surface area contributed by atoms with Crippen LogP contribution in [0.25, 0.3) is 0 Å². The van der Waals surface area contributed by atoms with Crippen LogP contribution in [0.4, 0.5) is 0 Å². The number of hydrogen-bond acceptors (Lipinski definition) is 7. The van der Waals surface area contributed by atoms with Crippen LogP contribution >= 0.6 is 11.6 Å². The number of aromatic hydroxyl groups is 2. The summed E-state index contributed by atoms with van der Waals surface area (Å²) in [5, 5.41) is 29.8. The van der Waals surface area contributed by atoms with Crippen molar-refractivity contribution < 1.29 is 34.4 Å². The van der Waals surface area contributed by atoms with Crippen molar-refractivity contribution in [3.63, 3.8) is 0 Å². The molecule has 0 aliphatic carbocycles. The maximum atomic E-state index is 12.5. The van der Waals surface area contributed by atoms with Gasteiger partial charge in [-0.25, -0.2) is 4.79 Å². The Morgan fingerprint density at radius 2 is 1.85 bits per heavy atom. The summed E-state index contributed by atoms with van der Waals surface area (Å²) in [6.07, 6.45) is -0.385. The molecular formula is C18H21ClO7. The van der Waals surface area contributed by atoms with Gasteiger partial charge in [0.15, 0.2) is 0 Å². The van der Waals surface area contributed by atoms with E-state index in [1.807, 2.05) is 0 Å². The number of cyclic esters (lactones) is 1. The van der Waals surface area contributed by atoms with Crippen LogP contribution in [0.5, 0.6) is 11.5 Å². The molecule has 26 heavy (non-hydrogen) atoms. The topological polar surface area (TPSA) is 117 Å². The lowest BCUT2D eigenvalue weighted by Gasteiger charge is -2.17. The number of hydrogen-bond donors (Lipinski definition) is 3. The summed E-state index contributed by atoms with van der Waals surface area (Å²) in [6.45, 7) is 1.70. The van der Waals surface area contributed by atoms with Crippen molar-refractivity contribution in [1.82, 2.24) is 0 Å². The molecule has 0 saturated carbocycles. The molecular weight excluding hydrogens is 364 g/mol. The fourth-order valence-corrected chi connectivity index (χ4v) is 3.50. The number of phenols is 2. The third kappa shape index (κ3) is 4.11. The first-order chi connectivity index (χ1) is 12.3. The molecule has 0 aromatic heterocycles. The predicted octanol–water partition coefficient (Wildman–Crippen LogP) is 2.11. The minimum absolute atomic E-state index is 0.0264. The summed E-state index contributed by atoms with van der Waals surface area (Å²) in [5.41, 5.74) is -0.197. The Kier molecular flexibility index (Phi) is 5.41. The van der Waals surface area contributed by atoms with Crippen molar-refractivity contribution in [2.24, 2.45) is 0 Å². The highest BCUT2D eigenvalue weighted by Crippen LogP contribution is 2.38. The molecule has 0 bridgehead atoms. The van der Waals surface area contributed by atoms with Gasteiger partial charge in [0.2, 0.25) is 0 Å². The normalized spacial score (nSPS) is 30.0. The summed E-state index contributed by atoms with van der Waals surface area (Å²) in [4.78, 5) is 24.8. The van der Waals surface area contributed by atoms with Crippen molar-refractivity contribution in [2.45, 2.75) is 63.4 Å². The molecule has 2 aliphatic heterocycles. The number of rotatable bonds is 0. The van der Waals surface area contributed by atoms with Crippen molar-refractivity contribution in [3.05, 3.63) is 22.2 Å². The Hall–Kier alpha value is -1.83. The number of esters is 1. The van der Waals surface area contributed by atoms with Gasteiger partial charge >= 0.3 is 5.97 Å². The quantitative estimate of drug-likeness (QED) is 0.463. The summed E-state index contributed by atoms with van der Waals surface area (Å²) in [5.74, 6) is -2.01. The molecule has 0 spiro atoms. The molecule has 1 saturated heterocycles. The zero-order chi connectivity index (χ0) is 19.0. The van der Waals surface area contributed by atoms with Gasteiger partial charge in [0.05, 0.1) is 23.3 Å². The Morgan fingerprint density at radius 3 is 2.58 bits per heavy atom. The third-order valence-electron chi connectivity index (χ3n) is 4.72. The van der Waals surface area contributed by atoms with E-state index >= 15 is 0 Å². The Morgan fingerprint density at radius 1 is 1.15 bits per heavy atom. The van der Waals surface area contributed by atoms with E-state index in [1.54, 1.807) is 6.92 Å². The number of aliphatic hydroxyl groups excluding tert-OH is 1. The average Bonchev–Trinajstić information content (AvgIpc) is 3.26. The molecule has 0 unspecified atom stereocenters. The molecule has 3 N–H and O–H groups in total. The van der Waals surface area contributed by atoms with Crippen molar-refractivity contribution in [3.8, 4) is 11.5 Å². The van der Waals surface area contributed by atoms with E-state index < -0.39 is 29.7 Å². The molecule has 2 aliphatic rings. The highest BCUT2D eigenvalue weighted by atomic mass is 35.5. The van der Waals surface area contributed by atoms with E-state index in [1.165, 1.54) is 0 Å². The van der Waals surface area contributed by atoms with Crippen LogP contribution in [0, 0.1) is 0 Å². The second-order valence-corrected chi connectivity index (χ2v) is 7.27. The number of carbonyl (C=O) groups is 2. The van der Waals surface area contributed by atoms with Crippen LogP contribution < -0.4 is 0 Å². The molecule has 142 valence electrons. The molecule has 8 heteroatoms. The molecule has 1 aromatic rings. The van der Waals surface area contributed by atoms with Crippen LogP contribution in [0.2, 0.25) is 5.02 Å². The molecule has 2 heterocycles. The molecule has 3 rings (SSSR count). The van der Waals surface area contributed by atoms with Crippen molar-refractivity contribution >= 4 is 23.4 Å². The molecule has 1 fully saturated rings. The highest BCUT2D eigenvalue weighted by molar-refractivity contribution is 6.33. The standard InChI is InChI=1S/C18H21ClO7/c1-8-4-14-15(26-14)6-10(21)3-2-9(20)5-11-16(18(24)25-8)12(22)7-13(23)17(11)19/h7-8,10,14-15,21-23H,2-6H2,1H3/t8-,10-,14-,15-/m1/s1. The van der Waals surface area contributed by atoms with Crippen LogP contribution in [0.3, 0.4) is 0 Å². The van der Waals surface area contributed by atoms with Gasteiger partial charge in [-0.15, -0.1) is 0 Å². The van der Waals surface area contributed by atoms with Gasteiger partial charge in [-0.1, -0.05) is 11.6 Å². The monoisotopic (exact) mass is 384 g/mol. The number of ketones is 1. The second-order valence-electron chi connectivity index (χ2n) is 6.89. The largest absolute Gasteiger partial charge is 0.507 e. The van der Waals surface area contributed by atoms with Crippen LogP contribution in [0.1, 0.15) is 48.5 Å². The Labute approximate surface area is 155 Å². The highest BCUT2D eigenvalue weighted by Gasteiger charge is 2.41. The van der Waals surface area contributed by atoms with Gasteiger partial charge in [-0.2, -0.15) is 0 Å². The molecule has 7 nitrogen and oxygen atoms in total. The zero-order valence-electron chi connectivity index (χ0n) is 14.3. The van der Waals surface area contributed by atoms with Gasteiger partial charge in [0, 0.05) is 37.3 Å². The molecule has 0 amide bonds. The molecule has 1 aromatic carbocycles. The second kappa shape index (κ2) is 7.42. The smallest absolute Gasteiger partial charge is 0.342 e. The summed E-state index contributed by atoms with van der Waals surface area (Å²) in [7, 11) is 0. The first kappa shape index (κ1) is 18.9. The number of ether oxygens (including phenoxy) is 2. The number of aliphatic hydroxyl groups is 1. The van der Waals surface area contributed by atoms with Gasteiger partial charge in [0.1, 0.15) is 28.9 Å². The number of phenolic OH excluding ortho intramolecular Hbond substituents is 2. The first-order valence-corrected chi connectivity index (χ1v) is 8.93. The lowest BCUT2D eigenvalue weighted by Crippen LogP contribution is -2.21. The van der Waals surface area contributed by atoms with E-state index in [0.29, 0.717) is 12.8 Å². The minimum atomic E-state index is -0.811. The number of fused-ring (bicyclic) bond motifs is 2. The van der Waals surface area contributed by atoms with E-state index in [0.717, 1.165) is 6.07 Å². The van der Waals surface area contributed by atoms with E-state index in [2.05, 4.69) is 0 Å². The fourth-order valence-electron chi connectivity index (χ4n) is 3.29. The number of Topliss-reactive ketones (excluding diaryl/α,β-unsaturated/α-hetero) is 1. The molecule has 4 atom stereocenters. The van der Waals surface area contributed by atoms with Crippen LogP contribution in [-0.4, -0.2) is 51.5 Å². The first-order valence-electron chi connectivity index (χ1n) is 8.55. The van der Waals surface area contributed by atoms with Crippen molar-refractivity contribution in [2.75, 3.05) is 0 Å². The van der Waals surface area contributed by atoms with Gasteiger partial charge < -0.3 is 24.8 Å². The number of halogens is 1. The van der Waals surface area contributed by atoms with E-state index in [9.17, 15) is 24.9 Å². The maximum Gasteiger partial charge on any atom is 0.342 e. The average molecular weight is 385 g/mol. The van der Waals surface area contributed by atoms with Gasteiger partial charge in [-0.05, 0) is 13.3 Å². The fraction of sp³-hybridized carbons (Fsp3) is 0.556.